The minimum Gasteiger partial charge on any atom is -0.379 e. The highest BCUT2D eigenvalue weighted by atomic mass is 32.2. The van der Waals surface area contributed by atoms with E-state index in [1.165, 1.54) is 7.05 Å². The quantitative estimate of drug-likeness (QED) is 0.804. The number of hydrogen-bond donors (Lipinski definition) is 2. The number of hydrogen-bond acceptors (Lipinski definition) is 4. The van der Waals surface area contributed by atoms with Crippen LogP contribution in [-0.2, 0) is 14.8 Å². The molecular weight excluding hydrogens is 324 g/mol. The molecule has 2 N–H and O–H groups in total. The monoisotopic (exact) mass is 348 g/mol. The molecule has 0 radical (unpaired) electrons. The maximum absolute atomic E-state index is 11.9. The van der Waals surface area contributed by atoms with E-state index < -0.39 is 10.0 Å². The van der Waals surface area contributed by atoms with Gasteiger partial charge in [-0.25, -0.2) is 13.1 Å². The third-order valence-corrected chi connectivity index (χ3v) is 5.44. The molecule has 0 aliphatic heterocycles. The molecule has 0 aliphatic carbocycles. The first-order valence-corrected chi connectivity index (χ1v) is 9.28. The highest BCUT2D eigenvalue weighted by Gasteiger charge is 2.14. The fraction of sp³-hybridized carbons (Fsp3) is 0.333. The molecule has 0 unspecified atom stereocenters. The first-order valence-electron chi connectivity index (χ1n) is 7.80. The molecule has 2 rings (SSSR count). The fourth-order valence-electron chi connectivity index (χ4n) is 2.42. The number of nitrogens with one attached hydrogen (secondary N) is 2. The van der Waals surface area contributed by atoms with Crippen LogP contribution in [0.15, 0.2) is 53.4 Å². The smallest absolute Gasteiger partial charge is 0.240 e. The maximum atomic E-state index is 11.9. The van der Waals surface area contributed by atoms with Gasteiger partial charge in [-0.3, -0.25) is 0 Å². The SMILES string of the molecule is CNS(=O)(=O)c1cccc([C@H](C)Nc2cccc([C@@H](C)OC)c2)c1. The summed E-state index contributed by atoms with van der Waals surface area (Å²) in [7, 11) is -0.352. The molecule has 0 saturated carbocycles. The molecule has 2 atom stereocenters. The van der Waals surface area contributed by atoms with Gasteiger partial charge in [0.2, 0.25) is 10.0 Å². The first kappa shape index (κ1) is 18.4. The van der Waals surface area contributed by atoms with Crippen molar-refractivity contribution in [1.82, 2.24) is 4.72 Å². The van der Waals surface area contributed by atoms with Crippen LogP contribution in [0, 0.1) is 0 Å². The van der Waals surface area contributed by atoms with Crippen molar-refractivity contribution in [3.05, 3.63) is 59.7 Å². The molecule has 0 aliphatic rings. The summed E-state index contributed by atoms with van der Waals surface area (Å²) in [6, 6.07) is 14.9. The summed E-state index contributed by atoms with van der Waals surface area (Å²) in [5.41, 5.74) is 2.95. The molecule has 0 saturated heterocycles. The van der Waals surface area contributed by atoms with Crippen LogP contribution < -0.4 is 10.0 Å². The van der Waals surface area contributed by atoms with Crippen LogP contribution in [0.2, 0.25) is 0 Å². The van der Waals surface area contributed by atoms with Crippen LogP contribution in [-0.4, -0.2) is 22.6 Å². The lowest BCUT2D eigenvalue weighted by Crippen LogP contribution is -2.19. The average molecular weight is 348 g/mol. The third kappa shape index (κ3) is 4.35. The zero-order valence-corrected chi connectivity index (χ0v) is 15.2. The Kier molecular flexibility index (Phi) is 5.99. The molecule has 130 valence electrons. The van der Waals surface area contributed by atoms with Crippen molar-refractivity contribution in [2.45, 2.75) is 30.9 Å². The molecule has 5 nitrogen and oxygen atoms in total. The number of ether oxygens (including phenoxy) is 1. The lowest BCUT2D eigenvalue weighted by atomic mass is 10.1. The Bertz CT molecular complexity index is 790. The van der Waals surface area contributed by atoms with Crippen LogP contribution in [0.3, 0.4) is 0 Å². The topological polar surface area (TPSA) is 67.4 Å². The highest BCUT2D eigenvalue weighted by Crippen LogP contribution is 2.24. The Morgan fingerprint density at radius 1 is 1.00 bits per heavy atom. The van der Waals surface area contributed by atoms with Gasteiger partial charge in [0.05, 0.1) is 11.0 Å². The zero-order chi connectivity index (χ0) is 17.7. The van der Waals surface area contributed by atoms with E-state index in [1.807, 2.05) is 44.2 Å². The number of rotatable bonds is 7. The number of anilines is 1. The van der Waals surface area contributed by atoms with Gasteiger partial charge in [-0.2, -0.15) is 0 Å². The van der Waals surface area contributed by atoms with Crippen molar-refractivity contribution in [2.75, 3.05) is 19.5 Å². The molecular formula is C18H24N2O3S. The molecule has 0 spiro atoms. The summed E-state index contributed by atoms with van der Waals surface area (Å²) in [6.07, 6.45) is 0.0196. The molecule has 2 aromatic carbocycles. The zero-order valence-electron chi connectivity index (χ0n) is 14.4. The van der Waals surface area contributed by atoms with Crippen LogP contribution in [0.1, 0.15) is 37.1 Å². The Morgan fingerprint density at radius 3 is 2.33 bits per heavy atom. The van der Waals surface area contributed by atoms with Crippen molar-refractivity contribution >= 4 is 15.7 Å². The van der Waals surface area contributed by atoms with Gasteiger partial charge in [0.25, 0.3) is 0 Å². The van der Waals surface area contributed by atoms with Gasteiger partial charge in [-0.1, -0.05) is 24.3 Å². The van der Waals surface area contributed by atoms with Gasteiger partial charge in [0, 0.05) is 18.8 Å². The minimum absolute atomic E-state index is 0.0196. The van der Waals surface area contributed by atoms with Gasteiger partial charge >= 0.3 is 0 Å². The predicted octanol–water partition coefficient (Wildman–Crippen LogP) is 3.48. The lowest BCUT2D eigenvalue weighted by molar-refractivity contribution is 0.119. The maximum Gasteiger partial charge on any atom is 0.240 e. The van der Waals surface area contributed by atoms with E-state index >= 15 is 0 Å². The third-order valence-electron chi connectivity index (χ3n) is 4.03. The minimum atomic E-state index is -3.44. The first-order chi connectivity index (χ1) is 11.4. The molecule has 24 heavy (non-hydrogen) atoms. The van der Waals surface area contributed by atoms with Gasteiger partial charge < -0.3 is 10.1 Å². The average Bonchev–Trinajstić information content (AvgIpc) is 2.61. The van der Waals surface area contributed by atoms with Gasteiger partial charge in [-0.15, -0.1) is 0 Å². The van der Waals surface area contributed by atoms with Crippen LogP contribution in [0.4, 0.5) is 5.69 Å². The number of methoxy groups -OCH3 is 1. The van der Waals surface area contributed by atoms with E-state index in [4.69, 9.17) is 4.74 Å². The Labute approximate surface area is 144 Å². The van der Waals surface area contributed by atoms with Crippen LogP contribution in [0.5, 0.6) is 0 Å². The van der Waals surface area contributed by atoms with Crippen LogP contribution in [0.25, 0.3) is 0 Å². The second-order valence-corrected chi connectivity index (χ2v) is 7.54. The number of sulfonamides is 1. The lowest BCUT2D eigenvalue weighted by Gasteiger charge is -2.18. The Balaban J connectivity index is 2.21. The van der Waals surface area contributed by atoms with E-state index in [9.17, 15) is 8.42 Å². The van der Waals surface area contributed by atoms with E-state index in [2.05, 4.69) is 10.0 Å². The van der Waals surface area contributed by atoms with Crippen molar-refractivity contribution < 1.29 is 13.2 Å². The van der Waals surface area contributed by atoms with Crippen molar-refractivity contribution in [3.8, 4) is 0 Å². The van der Waals surface area contributed by atoms with Crippen LogP contribution >= 0.6 is 0 Å². The summed E-state index contributed by atoms with van der Waals surface area (Å²) in [5, 5.41) is 3.40. The van der Waals surface area contributed by atoms with E-state index in [0.717, 1.165) is 16.8 Å². The molecule has 0 amide bonds. The van der Waals surface area contributed by atoms with Gasteiger partial charge in [0.1, 0.15) is 0 Å². The highest BCUT2D eigenvalue weighted by molar-refractivity contribution is 7.89. The summed E-state index contributed by atoms with van der Waals surface area (Å²) >= 11 is 0. The standard InChI is InChI=1S/C18H24N2O3S/c1-13(15-7-6-10-18(12-15)24(21,22)19-3)20-17-9-5-8-16(11-17)14(2)23-4/h5-14,19-20H,1-4H3/t13-,14+/m0/s1. The van der Waals surface area contributed by atoms with Gasteiger partial charge in [0.15, 0.2) is 0 Å². The summed E-state index contributed by atoms with van der Waals surface area (Å²) in [5.74, 6) is 0. The summed E-state index contributed by atoms with van der Waals surface area (Å²) < 4.78 is 31.6. The second kappa shape index (κ2) is 7.79. The molecule has 6 heteroatoms. The molecule has 0 bridgehead atoms. The normalized spacial score (nSPS) is 14.2. The molecule has 2 aromatic rings. The summed E-state index contributed by atoms with van der Waals surface area (Å²) in [4.78, 5) is 0.262. The fourth-order valence-corrected chi connectivity index (χ4v) is 3.20. The molecule has 0 fully saturated rings. The van der Waals surface area contributed by atoms with E-state index in [-0.39, 0.29) is 17.0 Å². The largest absolute Gasteiger partial charge is 0.379 e. The van der Waals surface area contributed by atoms with Crippen molar-refractivity contribution in [3.63, 3.8) is 0 Å². The van der Waals surface area contributed by atoms with E-state index in [1.54, 1.807) is 25.3 Å². The van der Waals surface area contributed by atoms with Crippen molar-refractivity contribution in [1.29, 1.82) is 0 Å². The summed E-state index contributed by atoms with van der Waals surface area (Å²) in [6.45, 7) is 3.99. The second-order valence-electron chi connectivity index (χ2n) is 5.65. The Hall–Kier alpha value is -1.89. The molecule has 0 aromatic heterocycles. The predicted molar refractivity (Wildman–Crippen MR) is 96.6 cm³/mol. The Morgan fingerprint density at radius 2 is 1.67 bits per heavy atom. The van der Waals surface area contributed by atoms with Crippen molar-refractivity contribution in [2.24, 2.45) is 0 Å². The number of benzene rings is 2. The van der Waals surface area contributed by atoms with E-state index in [0.29, 0.717) is 0 Å². The van der Waals surface area contributed by atoms with Gasteiger partial charge in [-0.05, 0) is 56.3 Å². The molecule has 0 heterocycles.